The second-order valence-electron chi connectivity index (χ2n) is 11.5. The molecule has 0 amide bonds. The molecule has 4 heteroatoms. The maximum Gasteiger partial charge on any atom is 0.160 e. The summed E-state index contributed by atoms with van der Waals surface area (Å²) in [6.45, 7) is 0. The monoisotopic (exact) mass is 577 g/mol. The summed E-state index contributed by atoms with van der Waals surface area (Å²) in [6, 6.07) is 43.9. The fourth-order valence-electron chi connectivity index (χ4n) is 6.53. The Labute approximate surface area is 259 Å². The van der Waals surface area contributed by atoms with Crippen molar-refractivity contribution >= 4 is 44.8 Å². The zero-order valence-corrected chi connectivity index (χ0v) is 24.4. The molecular weight excluding hydrogens is 550 g/mol. The van der Waals surface area contributed by atoms with Crippen molar-refractivity contribution in [3.8, 4) is 45.2 Å². The van der Waals surface area contributed by atoms with Crippen molar-refractivity contribution in [3.05, 3.63) is 138 Å². The second-order valence-corrected chi connectivity index (χ2v) is 11.5. The molecule has 1 aliphatic carbocycles. The maximum atomic E-state index is 6.63. The molecule has 0 aliphatic heterocycles. The van der Waals surface area contributed by atoms with Gasteiger partial charge in [-0.3, -0.25) is 0 Å². The quantitative estimate of drug-likeness (QED) is 0.210. The summed E-state index contributed by atoms with van der Waals surface area (Å²) in [5, 5.41) is 5.59. The van der Waals surface area contributed by atoms with Crippen LogP contribution in [0.2, 0.25) is 0 Å². The number of hydrogen-bond acceptors (Lipinski definition) is 4. The normalized spacial score (nSPS) is 12.6. The van der Waals surface area contributed by atoms with Crippen LogP contribution in [-0.4, -0.2) is 15.0 Å². The lowest BCUT2D eigenvalue weighted by atomic mass is 9.97. The predicted octanol–water partition coefficient (Wildman–Crippen LogP) is 8.95. The number of rotatable bonds is 4. The van der Waals surface area contributed by atoms with Crippen LogP contribution < -0.4 is 10.6 Å². The summed E-state index contributed by atoms with van der Waals surface area (Å²) in [6.07, 6.45) is 6.48. The Balaban J connectivity index is 1.32. The number of pyridine rings is 1. The van der Waals surface area contributed by atoms with Gasteiger partial charge in [-0.15, -0.1) is 0 Å². The van der Waals surface area contributed by atoms with Gasteiger partial charge >= 0.3 is 0 Å². The van der Waals surface area contributed by atoms with Gasteiger partial charge in [-0.1, -0.05) is 115 Å². The van der Waals surface area contributed by atoms with E-state index in [4.69, 9.17) is 19.4 Å². The number of benzene rings is 5. The Hall–Kier alpha value is -5.87. The van der Waals surface area contributed by atoms with Crippen molar-refractivity contribution in [1.82, 2.24) is 15.0 Å². The number of fused-ring (bicyclic) bond motifs is 6. The summed E-state index contributed by atoms with van der Waals surface area (Å²) in [4.78, 5) is 15.5. The van der Waals surface area contributed by atoms with E-state index in [1.165, 1.54) is 10.8 Å². The molecule has 0 spiro atoms. The Morgan fingerprint density at radius 2 is 1.24 bits per heavy atom. The second kappa shape index (κ2) is 10.4. The van der Waals surface area contributed by atoms with Crippen LogP contribution in [0.1, 0.15) is 12.8 Å². The van der Waals surface area contributed by atoms with Gasteiger partial charge in [0.05, 0.1) is 28.0 Å². The van der Waals surface area contributed by atoms with Crippen LogP contribution >= 0.6 is 0 Å². The molecule has 1 aliphatic rings. The van der Waals surface area contributed by atoms with E-state index in [2.05, 4.69) is 103 Å². The van der Waals surface area contributed by atoms with E-state index in [1.807, 2.05) is 36.4 Å². The van der Waals surface area contributed by atoms with Gasteiger partial charge in [0.25, 0.3) is 0 Å². The van der Waals surface area contributed by atoms with Gasteiger partial charge in [0, 0.05) is 32.9 Å². The third kappa shape index (κ3) is 4.34. The summed E-state index contributed by atoms with van der Waals surface area (Å²) >= 11 is 0. The van der Waals surface area contributed by atoms with Gasteiger partial charge in [-0.05, 0) is 47.9 Å². The molecule has 0 unspecified atom stereocenters. The summed E-state index contributed by atoms with van der Waals surface area (Å²) in [7, 11) is 0. The van der Waals surface area contributed by atoms with E-state index < -0.39 is 0 Å². The highest BCUT2D eigenvalue weighted by Gasteiger charge is 2.19. The van der Waals surface area contributed by atoms with Gasteiger partial charge in [0.15, 0.2) is 5.82 Å². The number of nitrogens with zero attached hydrogens (tertiary/aromatic N) is 3. The summed E-state index contributed by atoms with van der Waals surface area (Å²) in [5.74, 6) is 0.691. The Kier molecular flexibility index (Phi) is 5.91. The average Bonchev–Trinajstić information content (AvgIpc) is 3.51. The lowest BCUT2D eigenvalue weighted by molar-refractivity contribution is 0.574. The van der Waals surface area contributed by atoms with Crippen molar-refractivity contribution < 1.29 is 4.42 Å². The first-order valence-electron chi connectivity index (χ1n) is 15.4. The molecule has 0 N–H and O–H groups in total. The third-order valence-electron chi connectivity index (χ3n) is 8.70. The average molecular weight is 578 g/mol. The van der Waals surface area contributed by atoms with Crippen LogP contribution in [-0.2, 0) is 0 Å². The molecular formula is C41H27N3O. The minimum atomic E-state index is 0.691. The lowest BCUT2D eigenvalue weighted by Crippen LogP contribution is -2.22. The fourth-order valence-corrected chi connectivity index (χ4v) is 6.53. The molecule has 212 valence electrons. The fraction of sp³-hybridized carbons (Fsp3) is 0.0488. The standard InChI is InChI=1S/C41H27N3O/c1-3-13-27(14-4-1)34-25-35(44-41(43-34)28-15-5-2-6-16-28)29-22-23-32-36(24-29)42-39(31-20-11-17-26-12-7-8-18-30(26)31)38-33-19-9-10-21-37(33)45-40(32)38/h1-8,11-25H,9-10H2. The highest BCUT2D eigenvalue weighted by molar-refractivity contribution is 6.12. The van der Waals surface area contributed by atoms with Crippen molar-refractivity contribution in [2.45, 2.75) is 12.8 Å². The van der Waals surface area contributed by atoms with E-state index >= 15 is 0 Å². The molecule has 3 heterocycles. The Bertz CT molecular complexity index is 2470. The van der Waals surface area contributed by atoms with E-state index in [9.17, 15) is 0 Å². The van der Waals surface area contributed by atoms with Gasteiger partial charge in [0.1, 0.15) is 11.0 Å². The maximum absolute atomic E-state index is 6.63. The highest BCUT2D eigenvalue weighted by Crippen LogP contribution is 2.36. The van der Waals surface area contributed by atoms with Crippen LogP contribution in [0.3, 0.4) is 0 Å². The topological polar surface area (TPSA) is 51.8 Å². The van der Waals surface area contributed by atoms with Gasteiger partial charge in [0.2, 0.25) is 0 Å². The van der Waals surface area contributed by atoms with E-state index in [0.717, 1.165) is 84.7 Å². The molecule has 0 saturated carbocycles. The number of aromatic nitrogens is 3. The van der Waals surface area contributed by atoms with Crippen LogP contribution in [0.25, 0.3) is 90.0 Å². The predicted molar refractivity (Wildman–Crippen MR) is 184 cm³/mol. The summed E-state index contributed by atoms with van der Waals surface area (Å²) < 4.78 is 6.63. The molecule has 0 fully saturated rings. The Morgan fingerprint density at radius 3 is 2.09 bits per heavy atom. The largest absolute Gasteiger partial charge is 0.456 e. The molecule has 9 rings (SSSR count). The van der Waals surface area contributed by atoms with E-state index in [1.54, 1.807) is 0 Å². The van der Waals surface area contributed by atoms with Crippen molar-refractivity contribution in [2.24, 2.45) is 0 Å². The molecule has 8 aromatic rings. The number of hydrogen-bond donors (Lipinski definition) is 0. The van der Waals surface area contributed by atoms with Crippen molar-refractivity contribution in [3.63, 3.8) is 0 Å². The van der Waals surface area contributed by atoms with Crippen molar-refractivity contribution in [1.29, 1.82) is 0 Å². The van der Waals surface area contributed by atoms with Crippen LogP contribution in [0.15, 0.2) is 132 Å². The first-order chi connectivity index (χ1) is 22.3. The zero-order valence-electron chi connectivity index (χ0n) is 24.4. The Morgan fingerprint density at radius 1 is 0.533 bits per heavy atom. The van der Waals surface area contributed by atoms with Gasteiger partial charge in [-0.25, -0.2) is 15.0 Å². The van der Waals surface area contributed by atoms with Gasteiger partial charge < -0.3 is 4.42 Å². The molecule has 0 radical (unpaired) electrons. The minimum absolute atomic E-state index is 0.691. The minimum Gasteiger partial charge on any atom is -0.456 e. The molecule has 3 aromatic heterocycles. The third-order valence-corrected chi connectivity index (χ3v) is 8.70. The molecule has 4 nitrogen and oxygen atoms in total. The van der Waals surface area contributed by atoms with Crippen LogP contribution in [0.4, 0.5) is 0 Å². The smallest absolute Gasteiger partial charge is 0.160 e. The molecule has 0 atom stereocenters. The van der Waals surface area contributed by atoms with E-state index in [0.29, 0.717) is 5.82 Å². The lowest BCUT2D eigenvalue weighted by Gasteiger charge is -2.12. The molecule has 5 aromatic carbocycles. The molecule has 45 heavy (non-hydrogen) atoms. The van der Waals surface area contributed by atoms with Crippen LogP contribution in [0, 0.1) is 0 Å². The molecule has 0 bridgehead atoms. The zero-order chi connectivity index (χ0) is 29.7. The highest BCUT2D eigenvalue weighted by atomic mass is 16.3. The van der Waals surface area contributed by atoms with Gasteiger partial charge in [-0.2, -0.15) is 0 Å². The van der Waals surface area contributed by atoms with E-state index in [-0.39, 0.29) is 0 Å². The number of furan rings is 1. The van der Waals surface area contributed by atoms with Crippen LogP contribution in [0.5, 0.6) is 0 Å². The molecule has 0 saturated heterocycles. The first-order valence-corrected chi connectivity index (χ1v) is 15.4. The SMILES string of the molecule is C1=c2oc3c(c(-c4cccc5ccccc45)nc4cc(-c5cc(-c6ccccc6)nc(-c6ccccc6)n5)ccc43)c2=CCC1. The first kappa shape index (κ1) is 25.6. The summed E-state index contributed by atoms with van der Waals surface area (Å²) in [5.41, 5.74) is 9.46. The van der Waals surface area contributed by atoms with Crippen molar-refractivity contribution in [2.75, 3.05) is 0 Å².